The van der Waals surface area contributed by atoms with Gasteiger partial charge in [-0.2, -0.15) is 0 Å². The number of hydrogen-bond acceptors (Lipinski definition) is 3. The molecule has 22 heavy (non-hydrogen) atoms. The molecule has 0 unspecified atom stereocenters. The minimum absolute atomic E-state index is 0.0579. The minimum Gasteiger partial charge on any atom is -0.449 e. The van der Waals surface area contributed by atoms with Crippen LogP contribution < -0.4 is 5.32 Å². The molecule has 0 aliphatic heterocycles. The Balaban J connectivity index is 1.78. The predicted octanol–water partition coefficient (Wildman–Crippen LogP) is 2.91. The van der Waals surface area contributed by atoms with Crippen LogP contribution in [-0.4, -0.2) is 30.5 Å². The number of amides is 1. The van der Waals surface area contributed by atoms with Crippen molar-refractivity contribution < 1.29 is 14.6 Å². The molecule has 4 nitrogen and oxygen atoms in total. The van der Waals surface area contributed by atoms with Crippen molar-refractivity contribution >= 4 is 6.09 Å². The highest BCUT2D eigenvalue weighted by Gasteiger charge is 2.28. The molecule has 1 amide bonds. The summed E-state index contributed by atoms with van der Waals surface area (Å²) in [6.45, 7) is 1.91. The number of aliphatic hydroxyl groups is 1. The zero-order valence-electron chi connectivity index (χ0n) is 12.5. The lowest BCUT2D eigenvalue weighted by atomic mass is 9.98. The van der Waals surface area contributed by atoms with Crippen molar-refractivity contribution in [3.63, 3.8) is 0 Å². The van der Waals surface area contributed by atoms with Crippen LogP contribution in [0.25, 0.3) is 11.1 Å². The van der Waals surface area contributed by atoms with Gasteiger partial charge in [-0.3, -0.25) is 0 Å². The Bertz CT molecular complexity index is 638. The molecule has 0 spiro atoms. The standard InChI is InChI=1S/C18H19NO3/c1-12(10-20)19-18(21)22-11-17-15-8-4-2-6-13(15)14-7-3-5-9-16(14)17/h2-9,12,17,20H,10-11H2,1H3,(H,19,21)/t12-/m0/s1. The van der Waals surface area contributed by atoms with Gasteiger partial charge in [0, 0.05) is 5.92 Å². The summed E-state index contributed by atoms with van der Waals surface area (Å²) >= 11 is 0. The molecule has 2 aromatic carbocycles. The molecule has 0 aromatic heterocycles. The number of ether oxygens (including phenoxy) is 1. The fourth-order valence-electron chi connectivity index (χ4n) is 2.89. The Labute approximate surface area is 129 Å². The molecular weight excluding hydrogens is 278 g/mol. The average molecular weight is 297 g/mol. The molecular formula is C18H19NO3. The lowest BCUT2D eigenvalue weighted by Gasteiger charge is -2.16. The van der Waals surface area contributed by atoms with E-state index in [-0.39, 0.29) is 25.2 Å². The van der Waals surface area contributed by atoms with Crippen LogP contribution in [0.15, 0.2) is 48.5 Å². The lowest BCUT2D eigenvalue weighted by Crippen LogP contribution is -2.36. The number of fused-ring (bicyclic) bond motifs is 3. The first-order chi connectivity index (χ1) is 10.7. The van der Waals surface area contributed by atoms with Gasteiger partial charge in [0.2, 0.25) is 0 Å². The Hall–Kier alpha value is -2.33. The monoisotopic (exact) mass is 297 g/mol. The summed E-state index contributed by atoms with van der Waals surface area (Å²) in [6.07, 6.45) is -0.497. The van der Waals surface area contributed by atoms with E-state index in [0.717, 1.165) is 0 Å². The third kappa shape index (κ3) is 2.70. The number of benzene rings is 2. The van der Waals surface area contributed by atoms with Gasteiger partial charge in [0.25, 0.3) is 0 Å². The zero-order chi connectivity index (χ0) is 15.5. The number of rotatable bonds is 4. The molecule has 114 valence electrons. The first kappa shape index (κ1) is 14.6. The normalized spacial score (nSPS) is 14.1. The maximum absolute atomic E-state index is 11.7. The second-order valence-corrected chi connectivity index (χ2v) is 5.55. The summed E-state index contributed by atoms with van der Waals surface area (Å²) in [5.74, 6) is 0.0579. The van der Waals surface area contributed by atoms with Gasteiger partial charge in [-0.15, -0.1) is 0 Å². The van der Waals surface area contributed by atoms with Crippen LogP contribution in [0, 0.1) is 0 Å². The van der Waals surface area contributed by atoms with Crippen molar-refractivity contribution in [2.24, 2.45) is 0 Å². The third-order valence-corrected chi connectivity index (χ3v) is 3.98. The highest BCUT2D eigenvalue weighted by molar-refractivity contribution is 5.79. The molecule has 1 aliphatic carbocycles. The van der Waals surface area contributed by atoms with Crippen molar-refractivity contribution in [3.8, 4) is 11.1 Å². The lowest BCUT2D eigenvalue weighted by molar-refractivity contribution is 0.134. The van der Waals surface area contributed by atoms with Crippen LogP contribution in [0.5, 0.6) is 0 Å². The van der Waals surface area contributed by atoms with Gasteiger partial charge < -0.3 is 15.2 Å². The third-order valence-electron chi connectivity index (χ3n) is 3.98. The van der Waals surface area contributed by atoms with E-state index in [1.54, 1.807) is 6.92 Å². The van der Waals surface area contributed by atoms with Crippen molar-refractivity contribution in [3.05, 3.63) is 59.7 Å². The van der Waals surface area contributed by atoms with E-state index in [1.165, 1.54) is 22.3 Å². The first-order valence-electron chi connectivity index (χ1n) is 7.43. The number of hydrogen-bond donors (Lipinski definition) is 2. The Kier molecular flexibility index (Phi) is 4.11. The molecule has 4 heteroatoms. The van der Waals surface area contributed by atoms with E-state index in [4.69, 9.17) is 9.84 Å². The molecule has 3 rings (SSSR count). The second kappa shape index (κ2) is 6.20. The molecule has 0 saturated heterocycles. The summed E-state index contributed by atoms with van der Waals surface area (Å²) < 4.78 is 5.35. The molecule has 2 aromatic rings. The fraction of sp³-hybridized carbons (Fsp3) is 0.278. The summed E-state index contributed by atoms with van der Waals surface area (Å²) in [6, 6.07) is 16.1. The van der Waals surface area contributed by atoms with Crippen molar-refractivity contribution in [1.29, 1.82) is 0 Å². The average Bonchev–Trinajstić information content (AvgIpc) is 2.87. The number of alkyl carbamates (subject to hydrolysis) is 1. The number of nitrogens with one attached hydrogen (secondary N) is 1. The van der Waals surface area contributed by atoms with E-state index >= 15 is 0 Å². The summed E-state index contributed by atoms with van der Waals surface area (Å²) in [5, 5.41) is 11.5. The number of carbonyl (C=O) groups excluding carboxylic acids is 1. The van der Waals surface area contributed by atoms with Gasteiger partial charge in [-0.25, -0.2) is 4.79 Å². The topological polar surface area (TPSA) is 58.6 Å². The van der Waals surface area contributed by atoms with Crippen LogP contribution in [-0.2, 0) is 4.74 Å². The van der Waals surface area contributed by atoms with Crippen LogP contribution in [0.3, 0.4) is 0 Å². The fourth-order valence-corrected chi connectivity index (χ4v) is 2.89. The van der Waals surface area contributed by atoms with Gasteiger partial charge in [0.15, 0.2) is 0 Å². The first-order valence-corrected chi connectivity index (χ1v) is 7.43. The van der Waals surface area contributed by atoms with Gasteiger partial charge >= 0.3 is 6.09 Å². The molecule has 0 fully saturated rings. The molecule has 0 heterocycles. The van der Waals surface area contributed by atoms with Crippen molar-refractivity contribution in [2.75, 3.05) is 13.2 Å². The Morgan fingerprint density at radius 3 is 2.23 bits per heavy atom. The molecule has 0 saturated carbocycles. The Morgan fingerprint density at radius 2 is 1.68 bits per heavy atom. The van der Waals surface area contributed by atoms with Gasteiger partial charge in [-0.1, -0.05) is 48.5 Å². The van der Waals surface area contributed by atoms with Crippen LogP contribution in [0.1, 0.15) is 24.0 Å². The van der Waals surface area contributed by atoms with E-state index < -0.39 is 6.09 Å². The van der Waals surface area contributed by atoms with Crippen LogP contribution in [0.4, 0.5) is 4.79 Å². The largest absolute Gasteiger partial charge is 0.449 e. The molecule has 0 bridgehead atoms. The highest BCUT2D eigenvalue weighted by Crippen LogP contribution is 2.44. The molecule has 1 atom stereocenters. The van der Waals surface area contributed by atoms with Crippen molar-refractivity contribution in [2.45, 2.75) is 18.9 Å². The zero-order valence-corrected chi connectivity index (χ0v) is 12.5. The maximum Gasteiger partial charge on any atom is 0.407 e. The van der Waals surface area contributed by atoms with Gasteiger partial charge in [0.1, 0.15) is 6.61 Å². The summed E-state index contributed by atoms with van der Waals surface area (Å²) in [5.41, 5.74) is 4.78. The number of aliphatic hydroxyl groups excluding tert-OH is 1. The SMILES string of the molecule is C[C@@H](CO)NC(=O)OCC1c2ccccc2-c2ccccc21. The summed E-state index contributed by atoms with van der Waals surface area (Å²) in [4.78, 5) is 11.7. The van der Waals surface area contributed by atoms with Crippen LogP contribution >= 0.6 is 0 Å². The molecule has 0 radical (unpaired) electrons. The molecule has 2 N–H and O–H groups in total. The summed E-state index contributed by atoms with van der Waals surface area (Å²) in [7, 11) is 0. The minimum atomic E-state index is -0.497. The predicted molar refractivity (Wildman–Crippen MR) is 84.8 cm³/mol. The maximum atomic E-state index is 11.7. The van der Waals surface area contributed by atoms with Crippen molar-refractivity contribution in [1.82, 2.24) is 5.32 Å². The smallest absolute Gasteiger partial charge is 0.407 e. The van der Waals surface area contributed by atoms with E-state index in [1.807, 2.05) is 24.3 Å². The van der Waals surface area contributed by atoms with E-state index in [2.05, 4.69) is 29.6 Å². The highest BCUT2D eigenvalue weighted by atomic mass is 16.5. The van der Waals surface area contributed by atoms with Gasteiger partial charge in [-0.05, 0) is 29.2 Å². The Morgan fingerprint density at radius 1 is 1.14 bits per heavy atom. The quantitative estimate of drug-likeness (QED) is 0.912. The molecule has 1 aliphatic rings. The van der Waals surface area contributed by atoms with Crippen LogP contribution in [0.2, 0.25) is 0 Å². The second-order valence-electron chi connectivity index (χ2n) is 5.55. The van der Waals surface area contributed by atoms with Gasteiger partial charge in [0.05, 0.1) is 12.6 Å². The van der Waals surface area contributed by atoms with E-state index in [0.29, 0.717) is 0 Å². The number of carbonyl (C=O) groups is 1. The van der Waals surface area contributed by atoms with E-state index in [9.17, 15) is 4.79 Å².